The van der Waals surface area contributed by atoms with Crippen molar-refractivity contribution in [3.05, 3.63) is 77.2 Å². The van der Waals surface area contributed by atoms with E-state index in [4.69, 9.17) is 9.47 Å². The zero-order valence-electron chi connectivity index (χ0n) is 19.4. The van der Waals surface area contributed by atoms with Crippen molar-refractivity contribution < 1.29 is 14.3 Å². The molecule has 174 valence electrons. The zero-order valence-corrected chi connectivity index (χ0v) is 19.4. The van der Waals surface area contributed by atoms with Crippen LogP contribution >= 0.6 is 0 Å². The molecule has 33 heavy (non-hydrogen) atoms. The van der Waals surface area contributed by atoms with E-state index in [0.717, 1.165) is 24.2 Å². The van der Waals surface area contributed by atoms with Gasteiger partial charge in [-0.05, 0) is 45.7 Å². The van der Waals surface area contributed by atoms with Crippen molar-refractivity contribution >= 4 is 11.7 Å². The van der Waals surface area contributed by atoms with Gasteiger partial charge in [-0.15, -0.1) is 0 Å². The first kappa shape index (κ1) is 24.0. The van der Waals surface area contributed by atoms with Gasteiger partial charge in [-0.3, -0.25) is 14.2 Å². The molecule has 0 unspecified atom stereocenters. The van der Waals surface area contributed by atoms with Crippen LogP contribution < -0.4 is 15.6 Å². The maximum Gasteiger partial charge on any atom is 0.326 e. The molecule has 0 aliphatic carbocycles. The van der Waals surface area contributed by atoms with Gasteiger partial charge >= 0.3 is 5.97 Å². The van der Waals surface area contributed by atoms with Crippen LogP contribution in [0.15, 0.2) is 71.7 Å². The SMILES string of the molecule is CC(C)(C)OC(=O)Cn1c(-c2ccccc2)ncc(NCCCCOc2ccccc2)c1=O. The Labute approximate surface area is 194 Å². The van der Waals surface area contributed by atoms with Gasteiger partial charge in [-0.2, -0.15) is 0 Å². The number of anilines is 1. The van der Waals surface area contributed by atoms with Gasteiger partial charge < -0.3 is 14.8 Å². The number of nitrogens with zero attached hydrogens (tertiary/aromatic N) is 2. The first-order valence-corrected chi connectivity index (χ1v) is 11.1. The molecule has 3 aromatic rings. The van der Waals surface area contributed by atoms with Crippen LogP contribution in [0.2, 0.25) is 0 Å². The van der Waals surface area contributed by atoms with Crippen LogP contribution in [0.5, 0.6) is 5.75 Å². The highest BCUT2D eigenvalue weighted by Crippen LogP contribution is 2.17. The summed E-state index contributed by atoms with van der Waals surface area (Å²) < 4.78 is 12.5. The lowest BCUT2D eigenvalue weighted by molar-refractivity contribution is -0.155. The van der Waals surface area contributed by atoms with Gasteiger partial charge in [-0.1, -0.05) is 48.5 Å². The molecule has 0 fully saturated rings. The topological polar surface area (TPSA) is 82.5 Å². The maximum atomic E-state index is 13.2. The molecule has 0 saturated heterocycles. The second kappa shape index (κ2) is 11.3. The van der Waals surface area contributed by atoms with E-state index in [-0.39, 0.29) is 12.1 Å². The Morgan fingerprint density at radius 3 is 2.33 bits per heavy atom. The fraction of sp³-hybridized carbons (Fsp3) is 0.346. The fourth-order valence-electron chi connectivity index (χ4n) is 3.24. The Kier molecular flexibility index (Phi) is 8.24. The van der Waals surface area contributed by atoms with Crippen LogP contribution in [0, 0.1) is 0 Å². The van der Waals surface area contributed by atoms with E-state index in [1.165, 1.54) is 10.8 Å². The van der Waals surface area contributed by atoms with Gasteiger partial charge in [0.15, 0.2) is 0 Å². The molecule has 0 atom stereocenters. The van der Waals surface area contributed by atoms with Crippen molar-refractivity contribution in [3.8, 4) is 17.1 Å². The summed E-state index contributed by atoms with van der Waals surface area (Å²) in [7, 11) is 0. The third kappa shape index (κ3) is 7.49. The molecule has 2 aromatic carbocycles. The van der Waals surface area contributed by atoms with Crippen molar-refractivity contribution in [2.24, 2.45) is 0 Å². The number of nitrogens with one attached hydrogen (secondary N) is 1. The van der Waals surface area contributed by atoms with E-state index >= 15 is 0 Å². The van der Waals surface area contributed by atoms with Crippen LogP contribution in [0.3, 0.4) is 0 Å². The maximum absolute atomic E-state index is 13.2. The van der Waals surface area contributed by atoms with Crippen LogP contribution in [0.1, 0.15) is 33.6 Å². The summed E-state index contributed by atoms with van der Waals surface area (Å²) in [5.41, 5.74) is 0.152. The largest absolute Gasteiger partial charge is 0.494 e. The second-order valence-electron chi connectivity index (χ2n) is 8.63. The predicted octanol–water partition coefficient (Wildman–Crippen LogP) is 4.52. The summed E-state index contributed by atoms with van der Waals surface area (Å²) in [6, 6.07) is 19.0. The van der Waals surface area contributed by atoms with Crippen LogP contribution in [0.25, 0.3) is 11.4 Å². The number of ether oxygens (including phenoxy) is 2. The molecular weight excluding hydrogens is 418 g/mol. The number of benzene rings is 2. The Morgan fingerprint density at radius 2 is 1.67 bits per heavy atom. The van der Waals surface area contributed by atoms with E-state index in [2.05, 4.69) is 10.3 Å². The van der Waals surface area contributed by atoms with E-state index in [1.807, 2.05) is 60.7 Å². The molecule has 3 rings (SSSR count). The summed E-state index contributed by atoms with van der Waals surface area (Å²) in [4.78, 5) is 30.2. The van der Waals surface area contributed by atoms with Crippen molar-refractivity contribution in [1.82, 2.24) is 9.55 Å². The Morgan fingerprint density at radius 1 is 1.00 bits per heavy atom. The molecule has 1 aromatic heterocycles. The summed E-state index contributed by atoms with van der Waals surface area (Å²) in [6.45, 7) is 6.36. The van der Waals surface area contributed by atoms with Crippen LogP contribution in [-0.2, 0) is 16.1 Å². The third-order valence-corrected chi connectivity index (χ3v) is 4.68. The lowest BCUT2D eigenvalue weighted by atomic mass is 10.2. The Hall–Kier alpha value is -3.61. The third-order valence-electron chi connectivity index (χ3n) is 4.68. The number of esters is 1. The van der Waals surface area contributed by atoms with E-state index in [1.54, 1.807) is 20.8 Å². The highest BCUT2D eigenvalue weighted by molar-refractivity contribution is 5.71. The normalized spacial score (nSPS) is 11.1. The summed E-state index contributed by atoms with van der Waals surface area (Å²) >= 11 is 0. The number of unbranched alkanes of at least 4 members (excludes halogenated alkanes) is 1. The van der Waals surface area contributed by atoms with Gasteiger partial charge in [0.1, 0.15) is 29.4 Å². The Bertz CT molecular complexity index is 1090. The number of rotatable bonds is 10. The summed E-state index contributed by atoms with van der Waals surface area (Å²) in [6.07, 6.45) is 3.18. The molecule has 1 N–H and O–H groups in total. The number of para-hydroxylation sites is 1. The van der Waals surface area contributed by atoms with Crippen LogP contribution in [0.4, 0.5) is 5.69 Å². The molecule has 0 saturated carbocycles. The van der Waals surface area contributed by atoms with Crippen molar-refractivity contribution in [3.63, 3.8) is 0 Å². The van der Waals surface area contributed by atoms with Crippen LogP contribution in [-0.4, -0.2) is 34.3 Å². The minimum Gasteiger partial charge on any atom is -0.494 e. The number of carbonyl (C=O) groups is 1. The fourth-order valence-corrected chi connectivity index (χ4v) is 3.24. The molecule has 0 bridgehead atoms. The smallest absolute Gasteiger partial charge is 0.326 e. The molecule has 0 aliphatic heterocycles. The molecular formula is C26H31N3O4. The quantitative estimate of drug-likeness (QED) is 0.362. The van der Waals surface area contributed by atoms with Gasteiger partial charge in [0.2, 0.25) is 0 Å². The molecule has 0 spiro atoms. The van der Waals surface area contributed by atoms with Gasteiger partial charge in [-0.25, -0.2) is 4.98 Å². The van der Waals surface area contributed by atoms with E-state index in [9.17, 15) is 9.59 Å². The number of aromatic nitrogens is 2. The number of carbonyl (C=O) groups excluding carboxylic acids is 1. The standard InChI is InChI=1S/C26H31N3O4/c1-26(2,3)33-23(30)19-29-24(20-12-6-4-7-13-20)28-18-22(25(29)31)27-16-10-11-17-32-21-14-8-5-9-15-21/h4-9,12-15,18,27H,10-11,16-17,19H2,1-3H3. The minimum absolute atomic E-state index is 0.215. The van der Waals surface area contributed by atoms with E-state index in [0.29, 0.717) is 24.7 Å². The van der Waals surface area contributed by atoms with Crippen molar-refractivity contribution in [2.75, 3.05) is 18.5 Å². The monoisotopic (exact) mass is 449 g/mol. The molecule has 7 nitrogen and oxygen atoms in total. The first-order valence-electron chi connectivity index (χ1n) is 11.1. The minimum atomic E-state index is -0.640. The Balaban J connectivity index is 1.67. The predicted molar refractivity (Wildman–Crippen MR) is 129 cm³/mol. The molecule has 1 heterocycles. The second-order valence-corrected chi connectivity index (χ2v) is 8.63. The zero-order chi connectivity index (χ0) is 23.7. The molecule has 7 heteroatoms. The molecule has 0 radical (unpaired) electrons. The number of hydrogen-bond acceptors (Lipinski definition) is 6. The highest BCUT2D eigenvalue weighted by Gasteiger charge is 2.20. The average Bonchev–Trinajstić information content (AvgIpc) is 2.78. The number of hydrogen-bond donors (Lipinski definition) is 1. The lowest BCUT2D eigenvalue weighted by Gasteiger charge is -2.21. The van der Waals surface area contributed by atoms with Gasteiger partial charge in [0.25, 0.3) is 5.56 Å². The highest BCUT2D eigenvalue weighted by atomic mass is 16.6. The molecule has 0 aliphatic rings. The van der Waals surface area contributed by atoms with Crippen molar-refractivity contribution in [2.45, 2.75) is 45.8 Å². The summed E-state index contributed by atoms with van der Waals surface area (Å²) in [5, 5.41) is 3.15. The van der Waals surface area contributed by atoms with E-state index < -0.39 is 11.6 Å². The van der Waals surface area contributed by atoms with Crippen molar-refractivity contribution in [1.29, 1.82) is 0 Å². The van der Waals surface area contributed by atoms with Gasteiger partial charge in [0.05, 0.1) is 12.8 Å². The van der Waals surface area contributed by atoms with Gasteiger partial charge in [0, 0.05) is 12.1 Å². The lowest BCUT2D eigenvalue weighted by Crippen LogP contribution is -2.33. The first-order chi connectivity index (χ1) is 15.8. The molecule has 0 amide bonds. The average molecular weight is 450 g/mol. The summed E-state index contributed by atoms with van der Waals surface area (Å²) in [5.74, 6) is 0.781.